The third kappa shape index (κ3) is 1.48. The number of esters is 1. The average molecular weight is 317 g/mol. The number of fused-ring (bicyclic) bond motifs is 6. The first-order valence-corrected chi connectivity index (χ1v) is 7.49. The molecule has 5 heteroatoms. The molecule has 0 saturated heterocycles. The van der Waals surface area contributed by atoms with Crippen molar-refractivity contribution in [2.45, 2.75) is 5.60 Å². The van der Waals surface area contributed by atoms with E-state index in [-0.39, 0.29) is 11.7 Å². The Bertz CT molecular complexity index is 1010. The number of phenolic OH excluding ortho intramolecular Hbond substituents is 1. The Morgan fingerprint density at radius 2 is 1.79 bits per heavy atom. The zero-order valence-corrected chi connectivity index (χ0v) is 12.4. The first-order chi connectivity index (χ1) is 11.7. The molecule has 0 fully saturated rings. The minimum Gasteiger partial charge on any atom is -0.508 e. The number of hydrogen-bond donors (Lipinski definition) is 1. The van der Waals surface area contributed by atoms with E-state index < -0.39 is 5.60 Å². The Morgan fingerprint density at radius 1 is 0.958 bits per heavy atom. The van der Waals surface area contributed by atoms with Gasteiger partial charge in [-0.2, -0.15) is 0 Å². The van der Waals surface area contributed by atoms with Gasteiger partial charge in [0.05, 0.1) is 17.3 Å². The fourth-order valence-corrected chi connectivity index (χ4v) is 3.52. The van der Waals surface area contributed by atoms with Crippen LogP contribution in [0.5, 0.6) is 17.2 Å². The van der Waals surface area contributed by atoms with Crippen LogP contribution in [-0.4, -0.2) is 16.1 Å². The van der Waals surface area contributed by atoms with Crippen LogP contribution in [-0.2, 0) is 10.3 Å². The summed E-state index contributed by atoms with van der Waals surface area (Å²) >= 11 is 0. The number of pyridine rings is 1. The van der Waals surface area contributed by atoms with Crippen molar-refractivity contribution in [1.29, 1.82) is 0 Å². The maximum atomic E-state index is 12.5. The van der Waals surface area contributed by atoms with Gasteiger partial charge in [-0.1, -0.05) is 18.2 Å². The molecule has 2 aromatic carbocycles. The number of hydrogen-bond acceptors (Lipinski definition) is 5. The summed E-state index contributed by atoms with van der Waals surface area (Å²) in [5.41, 5.74) is 1.60. The van der Waals surface area contributed by atoms with Crippen molar-refractivity contribution in [3.8, 4) is 17.2 Å². The van der Waals surface area contributed by atoms with Gasteiger partial charge in [0.2, 0.25) is 0 Å². The van der Waals surface area contributed by atoms with Gasteiger partial charge in [-0.3, -0.25) is 4.98 Å². The Kier molecular flexibility index (Phi) is 2.38. The first-order valence-electron chi connectivity index (χ1n) is 7.49. The highest BCUT2D eigenvalue weighted by Gasteiger charge is 2.53. The van der Waals surface area contributed by atoms with Crippen LogP contribution < -0.4 is 4.74 Å². The highest BCUT2D eigenvalue weighted by Crippen LogP contribution is 2.56. The Labute approximate surface area is 137 Å². The summed E-state index contributed by atoms with van der Waals surface area (Å²) in [6, 6.07) is 13.9. The van der Waals surface area contributed by atoms with E-state index in [1.807, 2.05) is 18.2 Å². The normalized spacial score (nSPS) is 19.9. The van der Waals surface area contributed by atoms with Crippen LogP contribution in [0.2, 0.25) is 0 Å². The van der Waals surface area contributed by atoms with Crippen LogP contribution in [0.4, 0.5) is 0 Å². The van der Waals surface area contributed by atoms with Crippen LogP contribution >= 0.6 is 0 Å². The summed E-state index contributed by atoms with van der Waals surface area (Å²) in [7, 11) is 0. The molecule has 5 rings (SSSR count). The molecule has 1 unspecified atom stereocenters. The highest BCUT2D eigenvalue weighted by molar-refractivity contribution is 5.97. The molecule has 24 heavy (non-hydrogen) atoms. The molecule has 1 atom stereocenters. The van der Waals surface area contributed by atoms with E-state index in [1.54, 1.807) is 36.7 Å². The number of aromatic hydroxyl groups is 1. The summed E-state index contributed by atoms with van der Waals surface area (Å²) < 4.78 is 11.8. The van der Waals surface area contributed by atoms with Gasteiger partial charge in [0.25, 0.3) is 0 Å². The van der Waals surface area contributed by atoms with E-state index in [0.717, 1.165) is 5.56 Å². The molecule has 2 aliphatic heterocycles. The van der Waals surface area contributed by atoms with E-state index in [1.165, 1.54) is 6.07 Å². The van der Waals surface area contributed by atoms with Crippen molar-refractivity contribution in [2.24, 2.45) is 0 Å². The highest BCUT2D eigenvalue weighted by atomic mass is 16.6. The molecule has 3 aromatic rings. The van der Waals surface area contributed by atoms with Gasteiger partial charge >= 0.3 is 5.97 Å². The second kappa shape index (κ2) is 4.35. The van der Waals surface area contributed by atoms with Crippen LogP contribution in [0, 0.1) is 0 Å². The molecule has 0 aliphatic carbocycles. The zero-order valence-electron chi connectivity index (χ0n) is 12.4. The van der Waals surface area contributed by atoms with Crippen molar-refractivity contribution in [3.63, 3.8) is 0 Å². The van der Waals surface area contributed by atoms with Gasteiger partial charge in [-0.05, 0) is 24.3 Å². The van der Waals surface area contributed by atoms with Crippen molar-refractivity contribution in [1.82, 2.24) is 4.98 Å². The maximum Gasteiger partial charge on any atom is 0.340 e. The van der Waals surface area contributed by atoms with E-state index in [2.05, 4.69) is 4.98 Å². The molecule has 1 aromatic heterocycles. The molecule has 0 bridgehead atoms. The molecule has 0 saturated carbocycles. The van der Waals surface area contributed by atoms with Gasteiger partial charge in [0.1, 0.15) is 11.5 Å². The number of ether oxygens (including phenoxy) is 2. The molecule has 0 amide bonds. The Hall–Kier alpha value is -3.34. The second-order valence-corrected chi connectivity index (χ2v) is 5.77. The lowest BCUT2D eigenvalue weighted by Crippen LogP contribution is -2.33. The van der Waals surface area contributed by atoms with Crippen LogP contribution in [0.3, 0.4) is 0 Å². The molecule has 1 N–H and O–H groups in total. The predicted molar refractivity (Wildman–Crippen MR) is 84.2 cm³/mol. The predicted octanol–water partition coefficient (Wildman–Crippen LogP) is 3.36. The standard InChI is InChI=1S/C19H11NO4/c21-11-5-6-14-16(9-11)23-17-10-20-8-7-15(17)19(14)13-4-2-1-3-12(13)18(22)24-19/h1-10,21H. The number of nitrogens with zero attached hydrogens (tertiary/aromatic N) is 1. The van der Waals surface area contributed by atoms with Crippen LogP contribution in [0.25, 0.3) is 0 Å². The van der Waals surface area contributed by atoms with Crippen molar-refractivity contribution in [3.05, 3.63) is 83.2 Å². The molecule has 0 radical (unpaired) electrons. The SMILES string of the molecule is O=C1OC2(c3ccncc3Oc3cc(O)ccc32)c2ccccc21. The summed E-state index contributed by atoms with van der Waals surface area (Å²) in [5.74, 6) is 0.642. The number of rotatable bonds is 0. The third-order valence-corrected chi connectivity index (χ3v) is 4.50. The minimum absolute atomic E-state index is 0.0776. The lowest BCUT2D eigenvalue weighted by Gasteiger charge is -2.36. The Balaban J connectivity index is 1.92. The molecular formula is C19H11NO4. The topological polar surface area (TPSA) is 68.7 Å². The lowest BCUT2D eigenvalue weighted by molar-refractivity contribution is 0.0224. The average Bonchev–Trinajstić information content (AvgIpc) is 2.89. The number of phenols is 1. The van der Waals surface area contributed by atoms with Crippen LogP contribution in [0.15, 0.2) is 60.9 Å². The number of carbonyl (C=O) groups is 1. The van der Waals surface area contributed by atoms with Gasteiger partial charge in [0, 0.05) is 23.4 Å². The minimum atomic E-state index is -1.09. The lowest BCUT2D eigenvalue weighted by atomic mass is 9.78. The number of benzene rings is 2. The van der Waals surface area contributed by atoms with Gasteiger partial charge in [0.15, 0.2) is 11.4 Å². The second-order valence-electron chi connectivity index (χ2n) is 5.77. The summed E-state index contributed by atoms with van der Waals surface area (Å²) in [6.45, 7) is 0. The monoisotopic (exact) mass is 317 g/mol. The maximum absolute atomic E-state index is 12.5. The molecular weight excluding hydrogens is 306 g/mol. The van der Waals surface area contributed by atoms with Gasteiger partial charge in [-0.15, -0.1) is 0 Å². The molecule has 116 valence electrons. The Morgan fingerprint density at radius 3 is 2.71 bits per heavy atom. The molecule has 3 heterocycles. The van der Waals surface area contributed by atoms with Gasteiger partial charge in [-0.25, -0.2) is 4.79 Å². The van der Waals surface area contributed by atoms with Crippen molar-refractivity contribution in [2.75, 3.05) is 0 Å². The number of carbonyl (C=O) groups excluding carboxylic acids is 1. The third-order valence-electron chi connectivity index (χ3n) is 4.50. The van der Waals surface area contributed by atoms with E-state index in [4.69, 9.17) is 9.47 Å². The summed E-state index contributed by atoms with van der Waals surface area (Å²) in [4.78, 5) is 16.6. The van der Waals surface area contributed by atoms with Crippen molar-refractivity contribution < 1.29 is 19.4 Å². The fourth-order valence-electron chi connectivity index (χ4n) is 3.52. The summed E-state index contributed by atoms with van der Waals surface area (Å²) in [6.07, 6.45) is 3.23. The zero-order chi connectivity index (χ0) is 16.3. The molecule has 5 nitrogen and oxygen atoms in total. The fraction of sp³-hybridized carbons (Fsp3) is 0.0526. The van der Waals surface area contributed by atoms with Crippen molar-refractivity contribution >= 4 is 5.97 Å². The van der Waals surface area contributed by atoms with E-state index >= 15 is 0 Å². The summed E-state index contributed by atoms with van der Waals surface area (Å²) in [5, 5.41) is 9.81. The van der Waals surface area contributed by atoms with Gasteiger partial charge < -0.3 is 14.6 Å². The number of aromatic nitrogens is 1. The van der Waals surface area contributed by atoms with E-state index in [9.17, 15) is 9.90 Å². The van der Waals surface area contributed by atoms with E-state index in [0.29, 0.717) is 28.2 Å². The molecule has 2 aliphatic rings. The largest absolute Gasteiger partial charge is 0.508 e. The molecule has 1 spiro atoms. The smallest absolute Gasteiger partial charge is 0.340 e. The van der Waals surface area contributed by atoms with Crippen LogP contribution in [0.1, 0.15) is 27.0 Å². The first kappa shape index (κ1) is 13.1. The quantitative estimate of drug-likeness (QED) is 0.644.